The van der Waals surface area contributed by atoms with E-state index >= 15 is 0 Å². The molecule has 0 aromatic heterocycles. The maximum Gasteiger partial charge on any atom is 0.281 e. The van der Waals surface area contributed by atoms with Crippen molar-refractivity contribution in [2.45, 2.75) is 13.3 Å². The van der Waals surface area contributed by atoms with Crippen molar-refractivity contribution in [3.05, 3.63) is 70.9 Å². The molecule has 2 aliphatic heterocycles. The Hall–Kier alpha value is -3.12. The molecule has 1 fully saturated rings. The molecule has 0 bridgehead atoms. The molecule has 2 heterocycles. The minimum absolute atomic E-state index is 0.160. The molecular formula is C22H20N2O3S. The lowest BCUT2D eigenvalue weighted by Gasteiger charge is -2.18. The number of anilines is 1. The van der Waals surface area contributed by atoms with Gasteiger partial charge in [0.2, 0.25) is 0 Å². The van der Waals surface area contributed by atoms with Crippen molar-refractivity contribution in [2.75, 3.05) is 18.6 Å². The van der Waals surface area contributed by atoms with E-state index in [4.69, 9.17) is 21.7 Å². The smallest absolute Gasteiger partial charge is 0.281 e. The fraction of sp³-hybridized carbons (Fsp3) is 0.182. The summed E-state index contributed by atoms with van der Waals surface area (Å²) in [6.45, 7) is 2.43. The molecule has 1 saturated heterocycles. The van der Waals surface area contributed by atoms with Crippen LogP contribution in [0.3, 0.4) is 0 Å². The highest BCUT2D eigenvalue weighted by atomic mass is 32.1. The van der Waals surface area contributed by atoms with Crippen molar-refractivity contribution in [1.29, 1.82) is 0 Å². The molecule has 1 N–H and O–H groups in total. The number of methoxy groups -OCH3 is 1. The number of nitrogens with one attached hydrogen (secondary N) is 1. The van der Waals surface area contributed by atoms with E-state index < -0.39 is 0 Å². The van der Waals surface area contributed by atoms with Crippen LogP contribution < -0.4 is 19.7 Å². The number of amides is 1. The number of nitrogens with zero attached hydrogens (tertiary/aromatic N) is 1. The summed E-state index contributed by atoms with van der Waals surface area (Å²) in [5, 5.41) is 3.43. The SMILES string of the molecule is CCc1ccccc1N1C(=O)/C(=C\C2=Cc3ccc(OC)cc3OC2)NC1=S. The minimum atomic E-state index is -0.160. The maximum atomic E-state index is 13.0. The van der Waals surface area contributed by atoms with Gasteiger partial charge in [0.25, 0.3) is 5.91 Å². The third-order valence-corrected chi connectivity index (χ3v) is 5.06. The molecule has 2 aromatic rings. The van der Waals surface area contributed by atoms with E-state index in [1.165, 1.54) is 0 Å². The molecule has 2 aliphatic rings. The van der Waals surface area contributed by atoms with Crippen molar-refractivity contribution in [2.24, 2.45) is 0 Å². The normalized spacial score (nSPS) is 17.1. The first-order valence-electron chi connectivity index (χ1n) is 9.07. The second-order valence-corrected chi connectivity index (χ2v) is 6.91. The number of carbonyl (C=O) groups is 1. The molecule has 1 amide bonds. The number of thiocarbonyl (C=S) groups is 1. The Balaban J connectivity index is 1.63. The molecule has 5 nitrogen and oxygen atoms in total. The average Bonchev–Trinajstić information content (AvgIpc) is 3.00. The van der Waals surface area contributed by atoms with Crippen LogP contribution in [0.25, 0.3) is 6.08 Å². The first kappa shape index (κ1) is 18.3. The number of hydrogen-bond acceptors (Lipinski definition) is 4. The molecule has 0 aliphatic carbocycles. The molecule has 6 heteroatoms. The largest absolute Gasteiger partial charge is 0.497 e. The van der Waals surface area contributed by atoms with Gasteiger partial charge in [-0.2, -0.15) is 0 Å². The lowest BCUT2D eigenvalue weighted by Crippen LogP contribution is -2.31. The number of fused-ring (bicyclic) bond motifs is 1. The number of rotatable bonds is 4. The van der Waals surface area contributed by atoms with E-state index in [-0.39, 0.29) is 5.91 Å². The Morgan fingerprint density at radius 1 is 1.29 bits per heavy atom. The van der Waals surface area contributed by atoms with Crippen LogP contribution in [0.2, 0.25) is 0 Å². The maximum absolute atomic E-state index is 13.0. The van der Waals surface area contributed by atoms with Crippen LogP contribution in [0, 0.1) is 0 Å². The summed E-state index contributed by atoms with van der Waals surface area (Å²) < 4.78 is 11.0. The van der Waals surface area contributed by atoms with Crippen molar-refractivity contribution in [3.63, 3.8) is 0 Å². The molecule has 0 saturated carbocycles. The lowest BCUT2D eigenvalue weighted by atomic mass is 10.1. The molecule has 0 unspecified atom stereocenters. The summed E-state index contributed by atoms with van der Waals surface area (Å²) in [6.07, 6.45) is 4.63. The molecule has 0 spiro atoms. The van der Waals surface area contributed by atoms with Gasteiger partial charge < -0.3 is 14.8 Å². The monoisotopic (exact) mass is 392 g/mol. The summed E-state index contributed by atoms with van der Waals surface area (Å²) in [6, 6.07) is 13.5. The zero-order chi connectivity index (χ0) is 19.7. The number of carbonyl (C=O) groups excluding carboxylic acids is 1. The van der Waals surface area contributed by atoms with E-state index in [9.17, 15) is 4.79 Å². The van der Waals surface area contributed by atoms with E-state index in [0.717, 1.165) is 40.3 Å². The topological polar surface area (TPSA) is 50.8 Å². The predicted octanol–water partition coefficient (Wildman–Crippen LogP) is 3.84. The van der Waals surface area contributed by atoms with Gasteiger partial charge in [-0.3, -0.25) is 9.69 Å². The quantitative estimate of drug-likeness (QED) is 0.633. The number of para-hydroxylation sites is 1. The Bertz CT molecular complexity index is 1030. The highest BCUT2D eigenvalue weighted by Gasteiger charge is 2.33. The van der Waals surface area contributed by atoms with Gasteiger partial charge >= 0.3 is 0 Å². The minimum Gasteiger partial charge on any atom is -0.497 e. The molecule has 4 rings (SSSR count). The van der Waals surface area contributed by atoms with Crippen LogP contribution in [0.5, 0.6) is 11.5 Å². The summed E-state index contributed by atoms with van der Waals surface area (Å²) >= 11 is 5.43. The molecule has 0 atom stereocenters. The standard InChI is InChI=1S/C22H20N2O3S/c1-3-15-6-4-5-7-19(15)24-21(25)18(23-22(24)28)11-14-10-16-8-9-17(26-2)12-20(16)27-13-14/h4-12H,3,13H2,1-2H3,(H,23,28)/b18-11+. The molecule has 28 heavy (non-hydrogen) atoms. The Kier molecular flexibility index (Phi) is 4.88. The molecule has 0 radical (unpaired) electrons. The van der Waals surface area contributed by atoms with E-state index in [2.05, 4.69) is 12.2 Å². The van der Waals surface area contributed by atoms with Gasteiger partial charge in [-0.25, -0.2) is 0 Å². The first-order chi connectivity index (χ1) is 13.6. The number of ether oxygens (including phenoxy) is 2. The zero-order valence-electron chi connectivity index (χ0n) is 15.7. The molecular weight excluding hydrogens is 372 g/mol. The number of hydrogen-bond donors (Lipinski definition) is 1. The third kappa shape index (κ3) is 3.27. The summed E-state index contributed by atoms with van der Waals surface area (Å²) in [4.78, 5) is 14.6. The van der Waals surface area contributed by atoms with Gasteiger partial charge in [0.05, 0.1) is 12.8 Å². The van der Waals surface area contributed by atoms with Gasteiger partial charge in [0.1, 0.15) is 23.8 Å². The lowest BCUT2D eigenvalue weighted by molar-refractivity contribution is -0.113. The van der Waals surface area contributed by atoms with Crippen molar-refractivity contribution >= 4 is 35.0 Å². The van der Waals surface area contributed by atoms with Gasteiger partial charge in [-0.05, 0) is 60.1 Å². The highest BCUT2D eigenvalue weighted by Crippen LogP contribution is 2.31. The van der Waals surface area contributed by atoms with Crippen LogP contribution in [0.4, 0.5) is 5.69 Å². The van der Waals surface area contributed by atoms with Crippen molar-refractivity contribution in [3.8, 4) is 11.5 Å². The Labute approximate surface area is 169 Å². The second kappa shape index (κ2) is 7.48. The molecule has 142 valence electrons. The van der Waals surface area contributed by atoms with E-state index in [1.807, 2.05) is 48.5 Å². The van der Waals surface area contributed by atoms with Gasteiger partial charge in [0.15, 0.2) is 5.11 Å². The van der Waals surface area contributed by atoms with E-state index in [0.29, 0.717) is 17.4 Å². The van der Waals surface area contributed by atoms with Gasteiger partial charge in [-0.15, -0.1) is 0 Å². The molecule has 2 aromatic carbocycles. The predicted molar refractivity (Wildman–Crippen MR) is 114 cm³/mol. The first-order valence-corrected chi connectivity index (χ1v) is 9.48. The number of benzene rings is 2. The van der Waals surface area contributed by atoms with Crippen LogP contribution in [-0.4, -0.2) is 24.7 Å². The summed E-state index contributed by atoms with van der Waals surface area (Å²) in [5.74, 6) is 1.35. The zero-order valence-corrected chi connectivity index (χ0v) is 16.5. The fourth-order valence-electron chi connectivity index (χ4n) is 3.34. The third-order valence-electron chi connectivity index (χ3n) is 4.78. The second-order valence-electron chi connectivity index (χ2n) is 6.52. The van der Waals surface area contributed by atoms with Gasteiger partial charge in [-0.1, -0.05) is 25.1 Å². The van der Waals surface area contributed by atoms with Gasteiger partial charge in [0, 0.05) is 11.6 Å². The Morgan fingerprint density at radius 2 is 2.11 bits per heavy atom. The highest BCUT2D eigenvalue weighted by molar-refractivity contribution is 7.80. The van der Waals surface area contributed by atoms with Crippen LogP contribution in [-0.2, 0) is 11.2 Å². The Morgan fingerprint density at radius 3 is 2.89 bits per heavy atom. The number of aryl methyl sites for hydroxylation is 1. The van der Waals surface area contributed by atoms with E-state index in [1.54, 1.807) is 18.1 Å². The van der Waals surface area contributed by atoms with Crippen LogP contribution >= 0.6 is 12.2 Å². The van der Waals surface area contributed by atoms with Crippen molar-refractivity contribution in [1.82, 2.24) is 5.32 Å². The summed E-state index contributed by atoms with van der Waals surface area (Å²) in [7, 11) is 1.62. The average molecular weight is 392 g/mol. The fourth-order valence-corrected chi connectivity index (χ4v) is 3.63. The van der Waals surface area contributed by atoms with Crippen LogP contribution in [0.1, 0.15) is 18.1 Å². The summed E-state index contributed by atoms with van der Waals surface area (Å²) in [5.41, 5.74) is 4.18. The van der Waals surface area contributed by atoms with Crippen molar-refractivity contribution < 1.29 is 14.3 Å². The van der Waals surface area contributed by atoms with Crippen LogP contribution in [0.15, 0.2) is 59.8 Å².